The number of allylic oxidation sites excluding steroid dienone is 1. The molecule has 3 nitrogen and oxygen atoms in total. The zero-order chi connectivity index (χ0) is 16.7. The molecule has 0 bridgehead atoms. The van der Waals surface area contributed by atoms with E-state index in [4.69, 9.17) is 0 Å². The van der Waals surface area contributed by atoms with Crippen molar-refractivity contribution in [2.24, 2.45) is 4.99 Å². The monoisotopic (exact) mass is 321 g/mol. The Morgan fingerprint density at radius 2 is 1.78 bits per heavy atom. The van der Waals surface area contributed by atoms with E-state index in [-0.39, 0.29) is 0 Å². The molecule has 0 aliphatic carbocycles. The molecule has 0 saturated carbocycles. The molecule has 2 aliphatic rings. The fraction of sp³-hybridized carbons (Fsp3) is 0.353. The second-order valence-electron chi connectivity index (χ2n) is 6.21. The molecule has 1 aromatic carbocycles. The molecule has 0 saturated heterocycles. The molecular formula is C17H18F3N3. The maximum atomic E-state index is 13.2. The summed E-state index contributed by atoms with van der Waals surface area (Å²) in [6.45, 7) is 3.08. The number of halogens is 3. The van der Waals surface area contributed by atoms with Gasteiger partial charge in [0.1, 0.15) is 5.54 Å². The van der Waals surface area contributed by atoms with Gasteiger partial charge in [0.05, 0.1) is 0 Å². The van der Waals surface area contributed by atoms with Crippen molar-refractivity contribution in [3.63, 3.8) is 0 Å². The van der Waals surface area contributed by atoms with Crippen LogP contribution in [0.25, 0.3) is 0 Å². The van der Waals surface area contributed by atoms with Crippen molar-refractivity contribution < 1.29 is 13.2 Å². The van der Waals surface area contributed by atoms with Crippen LogP contribution in [0.3, 0.4) is 0 Å². The van der Waals surface area contributed by atoms with Crippen molar-refractivity contribution in [1.82, 2.24) is 4.90 Å². The first-order valence-corrected chi connectivity index (χ1v) is 7.37. The Hall–Kier alpha value is -2.08. The lowest BCUT2D eigenvalue weighted by Crippen LogP contribution is -2.52. The Labute approximate surface area is 133 Å². The third-order valence-corrected chi connectivity index (χ3v) is 4.43. The van der Waals surface area contributed by atoms with Gasteiger partial charge in [0.25, 0.3) is 0 Å². The van der Waals surface area contributed by atoms with Crippen LogP contribution in [-0.4, -0.2) is 22.8 Å². The highest BCUT2D eigenvalue weighted by Gasteiger charge is 2.52. The summed E-state index contributed by atoms with van der Waals surface area (Å²) in [5.41, 5.74) is 0.952. The van der Waals surface area contributed by atoms with Gasteiger partial charge < -0.3 is 4.90 Å². The van der Waals surface area contributed by atoms with Gasteiger partial charge in [-0.05, 0) is 43.2 Å². The van der Waals surface area contributed by atoms with Crippen LogP contribution in [0, 0.1) is 0 Å². The number of benzene rings is 1. The van der Waals surface area contributed by atoms with Crippen molar-refractivity contribution in [3.05, 3.63) is 54.0 Å². The summed E-state index contributed by atoms with van der Waals surface area (Å²) in [7, 11) is 0. The average molecular weight is 321 g/mol. The largest absolute Gasteiger partial charge is 0.406 e. The number of hydrogen-bond acceptors (Lipinski definition) is 3. The molecule has 122 valence electrons. The zero-order valence-electron chi connectivity index (χ0n) is 13.0. The molecule has 0 aromatic heterocycles. The first-order valence-electron chi connectivity index (χ1n) is 7.37. The molecule has 0 unspecified atom stereocenters. The van der Waals surface area contributed by atoms with Crippen molar-refractivity contribution in [2.75, 3.05) is 4.90 Å². The lowest BCUT2D eigenvalue weighted by atomic mass is 10.0. The van der Waals surface area contributed by atoms with E-state index in [9.17, 15) is 13.2 Å². The third-order valence-electron chi connectivity index (χ3n) is 4.43. The van der Waals surface area contributed by atoms with E-state index in [2.05, 4.69) is 4.99 Å². The molecule has 6 heteroatoms. The highest BCUT2D eigenvalue weighted by Crippen LogP contribution is 2.40. The lowest BCUT2D eigenvalue weighted by molar-refractivity contribution is -0.222. The molecular weight excluding hydrogens is 303 g/mol. The van der Waals surface area contributed by atoms with Crippen LogP contribution in [0.2, 0.25) is 0 Å². The van der Waals surface area contributed by atoms with E-state index in [0.29, 0.717) is 13.1 Å². The van der Waals surface area contributed by atoms with Gasteiger partial charge in [-0.15, -0.1) is 0 Å². The molecule has 3 rings (SSSR count). The summed E-state index contributed by atoms with van der Waals surface area (Å²) in [6.07, 6.45) is 4.58. The normalized spacial score (nSPS) is 18.4. The van der Waals surface area contributed by atoms with Crippen LogP contribution in [0.5, 0.6) is 0 Å². The molecule has 0 fully saturated rings. The second-order valence-corrected chi connectivity index (χ2v) is 6.21. The van der Waals surface area contributed by atoms with E-state index in [1.54, 1.807) is 12.4 Å². The average Bonchev–Trinajstić information content (AvgIpc) is 2.72. The number of alkyl halides is 3. The van der Waals surface area contributed by atoms with Crippen LogP contribution in [-0.2, 0) is 13.1 Å². The molecule has 0 N–H and O–H groups in total. The smallest absolute Gasteiger partial charge is 0.322 e. The second kappa shape index (κ2) is 5.53. The minimum atomic E-state index is -4.26. The summed E-state index contributed by atoms with van der Waals surface area (Å²) in [5, 5.41) is 0. The summed E-state index contributed by atoms with van der Waals surface area (Å²) in [4.78, 5) is 7.39. The Kier molecular flexibility index (Phi) is 3.80. The topological polar surface area (TPSA) is 18.8 Å². The van der Waals surface area contributed by atoms with Gasteiger partial charge in [-0.25, -0.2) is 0 Å². The van der Waals surface area contributed by atoms with Crippen molar-refractivity contribution in [2.45, 2.75) is 38.7 Å². The minimum absolute atomic E-state index is 0.299. The quantitative estimate of drug-likeness (QED) is 0.812. The standard InChI is InChI=1S/C17H18F3N3/c1-16(2,17(18,19)20)23-11-13-4-5-15(10-14(13)12-23)22-8-3-6-21-7-9-22/h3-10H,11-12H2,1-2H3. The molecule has 0 atom stereocenters. The fourth-order valence-electron chi connectivity index (χ4n) is 2.68. The fourth-order valence-corrected chi connectivity index (χ4v) is 2.68. The van der Waals surface area contributed by atoms with Crippen LogP contribution < -0.4 is 4.90 Å². The van der Waals surface area contributed by atoms with Crippen LogP contribution >= 0.6 is 0 Å². The molecule has 0 spiro atoms. The lowest BCUT2D eigenvalue weighted by Gasteiger charge is -2.36. The molecule has 0 amide bonds. The first-order chi connectivity index (χ1) is 10.8. The van der Waals surface area contributed by atoms with Gasteiger partial charge >= 0.3 is 6.18 Å². The number of rotatable bonds is 2. The van der Waals surface area contributed by atoms with Crippen LogP contribution in [0.1, 0.15) is 25.0 Å². The van der Waals surface area contributed by atoms with Gasteiger partial charge in [-0.1, -0.05) is 6.07 Å². The maximum Gasteiger partial charge on any atom is 0.406 e. The molecule has 1 aromatic rings. The molecule has 2 aliphatic heterocycles. The van der Waals surface area contributed by atoms with E-state index in [1.165, 1.54) is 18.7 Å². The van der Waals surface area contributed by atoms with Crippen molar-refractivity contribution in [3.8, 4) is 0 Å². The highest BCUT2D eigenvalue weighted by atomic mass is 19.4. The summed E-state index contributed by atoms with van der Waals surface area (Å²) >= 11 is 0. The van der Waals surface area contributed by atoms with Crippen LogP contribution in [0.4, 0.5) is 18.9 Å². The van der Waals surface area contributed by atoms with E-state index in [1.807, 2.05) is 41.6 Å². The third kappa shape index (κ3) is 2.91. The highest BCUT2D eigenvalue weighted by molar-refractivity contribution is 5.74. The number of hydrogen-bond donors (Lipinski definition) is 0. The summed E-state index contributed by atoms with van der Waals surface area (Å²) in [6, 6.07) is 5.77. The van der Waals surface area contributed by atoms with Gasteiger partial charge in [0.2, 0.25) is 0 Å². The van der Waals surface area contributed by atoms with E-state index >= 15 is 0 Å². The number of aliphatic imine (C=N–C) groups is 1. The Morgan fingerprint density at radius 1 is 1.04 bits per heavy atom. The Balaban J connectivity index is 1.84. The van der Waals surface area contributed by atoms with Crippen molar-refractivity contribution in [1.29, 1.82) is 0 Å². The van der Waals surface area contributed by atoms with Gasteiger partial charge in [-0.3, -0.25) is 9.89 Å². The molecule has 0 radical (unpaired) electrons. The zero-order valence-corrected chi connectivity index (χ0v) is 13.0. The van der Waals surface area contributed by atoms with Crippen LogP contribution in [0.15, 0.2) is 47.9 Å². The number of nitrogens with zero attached hydrogens (tertiary/aromatic N) is 3. The Bertz CT molecular complexity index is 671. The summed E-state index contributed by atoms with van der Waals surface area (Å²) < 4.78 is 39.7. The predicted octanol–water partition coefficient (Wildman–Crippen LogP) is 4.22. The number of fused-ring (bicyclic) bond motifs is 1. The molecule has 23 heavy (non-hydrogen) atoms. The van der Waals surface area contributed by atoms with E-state index < -0.39 is 11.7 Å². The predicted molar refractivity (Wildman–Crippen MR) is 85.1 cm³/mol. The minimum Gasteiger partial charge on any atom is -0.322 e. The SMILES string of the molecule is CC(C)(N1Cc2ccc(N3C=CC=NC=C3)cc2C1)C(F)(F)F. The van der Waals surface area contributed by atoms with Gasteiger partial charge in [0.15, 0.2) is 0 Å². The van der Waals surface area contributed by atoms with E-state index in [0.717, 1.165) is 16.8 Å². The van der Waals surface area contributed by atoms with Crippen molar-refractivity contribution >= 4 is 11.9 Å². The van der Waals surface area contributed by atoms with Gasteiger partial charge in [-0.2, -0.15) is 13.2 Å². The maximum absolute atomic E-state index is 13.2. The first kappa shape index (κ1) is 15.8. The number of anilines is 1. The van der Waals surface area contributed by atoms with Gasteiger partial charge in [0, 0.05) is 43.6 Å². The molecule has 2 heterocycles. The Morgan fingerprint density at radius 3 is 2.52 bits per heavy atom. The summed E-state index contributed by atoms with van der Waals surface area (Å²) in [5.74, 6) is 0.